The van der Waals surface area contributed by atoms with Crippen LogP contribution in [0.4, 0.5) is 5.95 Å². The lowest BCUT2D eigenvalue weighted by Crippen LogP contribution is -2.25. The first-order valence-electron chi connectivity index (χ1n) is 8.89. The Bertz CT molecular complexity index is 645. The zero-order valence-corrected chi connectivity index (χ0v) is 15.4. The standard InChI is InChI=1S/C18H30N4O3/c1-4-24-14(2)25-11-10-19-8-5-9-20-18-21-16-12-15(13-23)6-7-17(16)22(18)3/h6-7,12,14,19,23H,4-5,8-11,13H2,1-3H3,(H,20,21). The van der Waals surface area contributed by atoms with Gasteiger partial charge < -0.3 is 29.8 Å². The van der Waals surface area contributed by atoms with Gasteiger partial charge in [-0.05, 0) is 44.5 Å². The number of rotatable bonds is 12. The van der Waals surface area contributed by atoms with Crippen molar-refractivity contribution in [3.63, 3.8) is 0 Å². The summed E-state index contributed by atoms with van der Waals surface area (Å²) >= 11 is 0. The SMILES string of the molecule is CCOC(C)OCCNCCCNc1nc2cc(CO)ccc2n1C. The second-order valence-corrected chi connectivity index (χ2v) is 5.90. The molecule has 0 fully saturated rings. The van der Waals surface area contributed by atoms with Crippen molar-refractivity contribution in [2.45, 2.75) is 33.2 Å². The summed E-state index contributed by atoms with van der Waals surface area (Å²) in [6, 6.07) is 5.83. The van der Waals surface area contributed by atoms with Crippen LogP contribution in [-0.4, -0.2) is 53.8 Å². The minimum Gasteiger partial charge on any atom is -0.392 e. The zero-order chi connectivity index (χ0) is 18.1. The van der Waals surface area contributed by atoms with Crippen LogP contribution in [0.1, 0.15) is 25.8 Å². The van der Waals surface area contributed by atoms with E-state index in [0.29, 0.717) is 13.2 Å². The highest BCUT2D eigenvalue weighted by Gasteiger charge is 2.07. The highest BCUT2D eigenvalue weighted by atomic mass is 16.7. The number of anilines is 1. The van der Waals surface area contributed by atoms with Crippen molar-refractivity contribution in [3.8, 4) is 0 Å². The van der Waals surface area contributed by atoms with E-state index >= 15 is 0 Å². The highest BCUT2D eigenvalue weighted by Crippen LogP contribution is 2.19. The van der Waals surface area contributed by atoms with Gasteiger partial charge in [0.25, 0.3) is 0 Å². The van der Waals surface area contributed by atoms with E-state index in [1.807, 2.05) is 43.7 Å². The molecule has 2 aromatic rings. The number of nitrogens with one attached hydrogen (secondary N) is 2. The van der Waals surface area contributed by atoms with Gasteiger partial charge in [-0.15, -0.1) is 0 Å². The third-order valence-corrected chi connectivity index (χ3v) is 3.97. The zero-order valence-electron chi connectivity index (χ0n) is 15.4. The molecule has 0 radical (unpaired) electrons. The Kier molecular flexibility index (Phi) is 8.14. The molecule has 140 valence electrons. The van der Waals surface area contributed by atoms with Crippen molar-refractivity contribution in [2.24, 2.45) is 7.05 Å². The quantitative estimate of drug-likeness (QED) is 0.400. The molecule has 1 aromatic carbocycles. The molecule has 0 bridgehead atoms. The van der Waals surface area contributed by atoms with Crippen LogP contribution in [0.25, 0.3) is 11.0 Å². The molecule has 1 heterocycles. The van der Waals surface area contributed by atoms with E-state index in [-0.39, 0.29) is 12.9 Å². The Balaban J connectivity index is 1.65. The molecule has 2 rings (SSSR count). The van der Waals surface area contributed by atoms with Crippen LogP contribution >= 0.6 is 0 Å². The minimum atomic E-state index is -0.141. The number of aliphatic hydroxyl groups is 1. The van der Waals surface area contributed by atoms with Crippen molar-refractivity contribution in [1.29, 1.82) is 0 Å². The maximum Gasteiger partial charge on any atom is 0.203 e. The van der Waals surface area contributed by atoms with Gasteiger partial charge in [-0.25, -0.2) is 4.98 Å². The summed E-state index contributed by atoms with van der Waals surface area (Å²) in [6.45, 7) is 7.79. The molecule has 1 atom stereocenters. The van der Waals surface area contributed by atoms with Gasteiger partial charge in [0.1, 0.15) is 0 Å². The summed E-state index contributed by atoms with van der Waals surface area (Å²) in [5, 5.41) is 15.9. The number of ether oxygens (including phenoxy) is 2. The van der Waals surface area contributed by atoms with E-state index in [1.54, 1.807) is 0 Å². The van der Waals surface area contributed by atoms with Gasteiger partial charge in [0.05, 0.1) is 24.2 Å². The monoisotopic (exact) mass is 350 g/mol. The summed E-state index contributed by atoms with van der Waals surface area (Å²) in [6.07, 6.45) is 0.851. The maximum absolute atomic E-state index is 9.22. The van der Waals surface area contributed by atoms with Crippen LogP contribution in [0.2, 0.25) is 0 Å². The Hall–Kier alpha value is -1.67. The summed E-state index contributed by atoms with van der Waals surface area (Å²) < 4.78 is 12.8. The number of benzene rings is 1. The molecule has 0 saturated heterocycles. The van der Waals surface area contributed by atoms with Crippen LogP contribution in [0.5, 0.6) is 0 Å². The van der Waals surface area contributed by atoms with Crippen molar-refractivity contribution in [3.05, 3.63) is 23.8 Å². The number of aromatic nitrogens is 2. The average molecular weight is 350 g/mol. The first-order valence-corrected chi connectivity index (χ1v) is 8.89. The van der Waals surface area contributed by atoms with Crippen molar-refractivity contribution in [1.82, 2.24) is 14.9 Å². The molecule has 0 spiro atoms. The van der Waals surface area contributed by atoms with Gasteiger partial charge >= 0.3 is 0 Å². The van der Waals surface area contributed by atoms with Crippen LogP contribution < -0.4 is 10.6 Å². The predicted molar refractivity (Wildman–Crippen MR) is 99.7 cm³/mol. The fourth-order valence-corrected chi connectivity index (χ4v) is 2.62. The largest absolute Gasteiger partial charge is 0.392 e. The number of hydrogen-bond acceptors (Lipinski definition) is 6. The van der Waals surface area contributed by atoms with Gasteiger partial charge in [0, 0.05) is 26.7 Å². The van der Waals surface area contributed by atoms with Crippen molar-refractivity contribution < 1.29 is 14.6 Å². The second kappa shape index (κ2) is 10.4. The van der Waals surface area contributed by atoms with Gasteiger partial charge in [-0.1, -0.05) is 6.07 Å². The molecule has 7 nitrogen and oxygen atoms in total. The number of hydrogen-bond donors (Lipinski definition) is 3. The molecular formula is C18H30N4O3. The van der Waals surface area contributed by atoms with E-state index in [4.69, 9.17) is 9.47 Å². The van der Waals surface area contributed by atoms with Gasteiger partial charge in [0.2, 0.25) is 5.95 Å². The van der Waals surface area contributed by atoms with Crippen molar-refractivity contribution in [2.75, 3.05) is 38.2 Å². The fraction of sp³-hybridized carbons (Fsp3) is 0.611. The van der Waals surface area contributed by atoms with Crippen molar-refractivity contribution >= 4 is 17.0 Å². The van der Waals surface area contributed by atoms with E-state index in [1.165, 1.54) is 0 Å². The lowest BCUT2D eigenvalue weighted by Gasteiger charge is -2.13. The predicted octanol–water partition coefficient (Wildman–Crippen LogP) is 1.86. The number of imidazole rings is 1. The maximum atomic E-state index is 9.22. The highest BCUT2D eigenvalue weighted by molar-refractivity contribution is 5.79. The summed E-state index contributed by atoms with van der Waals surface area (Å²) in [5.41, 5.74) is 2.83. The normalized spacial score (nSPS) is 12.6. The molecule has 0 aliphatic carbocycles. The Labute approximate surface area is 149 Å². The molecular weight excluding hydrogens is 320 g/mol. The van der Waals surface area contributed by atoms with E-state index < -0.39 is 0 Å². The van der Waals surface area contributed by atoms with Gasteiger partial charge in [-0.3, -0.25) is 0 Å². The van der Waals surface area contributed by atoms with E-state index in [9.17, 15) is 5.11 Å². The number of nitrogens with zero attached hydrogens (tertiary/aromatic N) is 2. The lowest BCUT2D eigenvalue weighted by atomic mass is 10.2. The third kappa shape index (κ3) is 5.97. The molecule has 0 amide bonds. The van der Waals surface area contributed by atoms with Gasteiger partial charge in [0.15, 0.2) is 6.29 Å². The molecule has 0 saturated carbocycles. The minimum absolute atomic E-state index is 0.0357. The van der Waals surface area contributed by atoms with E-state index in [2.05, 4.69) is 15.6 Å². The Morgan fingerprint density at radius 1 is 1.24 bits per heavy atom. The fourth-order valence-electron chi connectivity index (χ4n) is 2.62. The topological polar surface area (TPSA) is 80.6 Å². The number of fused-ring (bicyclic) bond motifs is 1. The van der Waals surface area contributed by atoms with Crippen LogP contribution in [-0.2, 0) is 23.1 Å². The van der Waals surface area contributed by atoms with Gasteiger partial charge in [-0.2, -0.15) is 0 Å². The average Bonchev–Trinajstić information content (AvgIpc) is 2.92. The molecule has 1 unspecified atom stereocenters. The van der Waals surface area contributed by atoms with Crippen LogP contribution in [0.15, 0.2) is 18.2 Å². The summed E-state index contributed by atoms with van der Waals surface area (Å²) in [7, 11) is 1.99. The lowest BCUT2D eigenvalue weighted by molar-refractivity contribution is -0.125. The summed E-state index contributed by atoms with van der Waals surface area (Å²) in [5.74, 6) is 0.846. The molecule has 3 N–H and O–H groups in total. The van der Waals surface area contributed by atoms with Crippen LogP contribution in [0, 0.1) is 0 Å². The summed E-state index contributed by atoms with van der Waals surface area (Å²) in [4.78, 5) is 4.59. The molecule has 0 aliphatic heterocycles. The molecule has 1 aromatic heterocycles. The smallest absolute Gasteiger partial charge is 0.203 e. The number of aryl methyl sites for hydroxylation is 1. The first kappa shape index (κ1) is 19.7. The van der Waals surface area contributed by atoms with Crippen LogP contribution in [0.3, 0.4) is 0 Å². The first-order chi connectivity index (χ1) is 12.2. The molecule has 0 aliphatic rings. The second-order valence-electron chi connectivity index (χ2n) is 5.90. The Morgan fingerprint density at radius 2 is 2.08 bits per heavy atom. The third-order valence-electron chi connectivity index (χ3n) is 3.97. The van der Waals surface area contributed by atoms with E-state index in [0.717, 1.165) is 48.6 Å². The number of aliphatic hydroxyl groups excluding tert-OH is 1. The molecule has 25 heavy (non-hydrogen) atoms. The Morgan fingerprint density at radius 3 is 2.84 bits per heavy atom. The molecule has 7 heteroatoms.